The Bertz CT molecular complexity index is 383. The van der Waals surface area contributed by atoms with Crippen LogP contribution in [-0.2, 0) is 9.59 Å². The summed E-state index contributed by atoms with van der Waals surface area (Å²) in [6, 6.07) is 0. The summed E-state index contributed by atoms with van der Waals surface area (Å²) in [4.78, 5) is 22.5. The van der Waals surface area contributed by atoms with Gasteiger partial charge in [0.15, 0.2) is 0 Å². The average Bonchev–Trinajstić information content (AvgIpc) is 3.04. The number of imide groups is 1. The molecule has 4 nitrogen and oxygen atoms in total. The summed E-state index contributed by atoms with van der Waals surface area (Å²) >= 11 is 0. The second-order valence-corrected chi connectivity index (χ2v) is 8.69. The van der Waals surface area contributed by atoms with E-state index in [1.54, 1.807) is 0 Å². The van der Waals surface area contributed by atoms with Crippen molar-refractivity contribution in [3.05, 3.63) is 0 Å². The molecule has 0 spiro atoms. The number of nitrogens with two attached hydrogens (primary N) is 1. The van der Waals surface area contributed by atoms with Crippen LogP contribution in [0, 0.1) is 5.92 Å². The van der Waals surface area contributed by atoms with Crippen molar-refractivity contribution in [3.63, 3.8) is 0 Å². The van der Waals surface area contributed by atoms with Gasteiger partial charge in [-0.1, -0.05) is 117 Å². The van der Waals surface area contributed by atoms with Gasteiger partial charge >= 0.3 is 0 Å². The first-order valence-electron chi connectivity index (χ1n) is 12.7. The molecule has 172 valence electrons. The third-order valence-corrected chi connectivity index (χ3v) is 5.76. The Kier molecular flexibility index (Phi) is 21.1. The van der Waals surface area contributed by atoms with Crippen LogP contribution in [0.3, 0.4) is 0 Å². The summed E-state index contributed by atoms with van der Waals surface area (Å²) in [6.07, 6.45) is 24.2. The van der Waals surface area contributed by atoms with Crippen molar-refractivity contribution in [3.8, 4) is 0 Å². The fraction of sp³-hybridized carbons (Fsp3) is 0.920. The summed E-state index contributed by atoms with van der Waals surface area (Å²) in [7, 11) is 0. The Morgan fingerprint density at radius 3 is 1.38 bits per heavy atom. The summed E-state index contributed by atoms with van der Waals surface area (Å²) in [5.41, 5.74) is 5.03. The van der Waals surface area contributed by atoms with Gasteiger partial charge in [-0.15, -0.1) is 0 Å². The van der Waals surface area contributed by atoms with Crippen LogP contribution in [0.15, 0.2) is 0 Å². The minimum Gasteiger partial charge on any atom is -0.330 e. The normalized spacial score (nSPS) is 15.9. The van der Waals surface area contributed by atoms with Gasteiger partial charge in [0.25, 0.3) is 0 Å². The van der Waals surface area contributed by atoms with Crippen molar-refractivity contribution in [2.45, 2.75) is 136 Å². The Morgan fingerprint density at radius 2 is 1.07 bits per heavy atom. The summed E-state index contributed by atoms with van der Waals surface area (Å²) in [6.45, 7) is 5.15. The van der Waals surface area contributed by atoms with Crippen LogP contribution in [0.2, 0.25) is 0 Å². The van der Waals surface area contributed by atoms with Gasteiger partial charge in [0, 0.05) is 12.3 Å². The molecule has 0 aromatic heterocycles. The molecule has 2 amide bonds. The molecule has 1 rings (SSSR count). The molecule has 1 unspecified atom stereocenters. The predicted molar refractivity (Wildman–Crippen MR) is 125 cm³/mol. The lowest BCUT2D eigenvalue weighted by atomic mass is 9.98. The molecule has 0 radical (unpaired) electrons. The SMILES string of the molecule is CCCCCCCCCCCCCCCCCCC1CC(=O)NC1=O.CCCN. The smallest absolute Gasteiger partial charge is 0.230 e. The van der Waals surface area contributed by atoms with E-state index in [1.807, 2.05) is 0 Å². The highest BCUT2D eigenvalue weighted by molar-refractivity contribution is 6.03. The quantitative estimate of drug-likeness (QED) is 0.196. The van der Waals surface area contributed by atoms with Crippen molar-refractivity contribution in [1.82, 2.24) is 5.32 Å². The standard InChI is InChI=1S/C22H41NO2.C3H9N/c1-2-3-4-5-6-7-8-9-10-11-12-13-14-15-16-17-18-20-19-21(24)23-22(20)25;1-2-3-4/h20H,2-19H2,1H3,(H,23,24,25);2-4H2,1H3. The lowest BCUT2D eigenvalue weighted by Crippen LogP contribution is -2.21. The van der Waals surface area contributed by atoms with Crippen LogP contribution in [0.4, 0.5) is 0 Å². The Morgan fingerprint density at radius 1 is 0.690 bits per heavy atom. The van der Waals surface area contributed by atoms with E-state index in [4.69, 9.17) is 5.73 Å². The largest absolute Gasteiger partial charge is 0.330 e. The Balaban J connectivity index is 0.00000178. The third-order valence-electron chi connectivity index (χ3n) is 5.76. The number of carbonyl (C=O) groups excluding carboxylic acids is 2. The average molecular weight is 411 g/mol. The lowest BCUT2D eigenvalue weighted by molar-refractivity contribution is -0.125. The number of amides is 2. The molecule has 1 saturated heterocycles. The summed E-state index contributed by atoms with van der Waals surface area (Å²) in [5.74, 6) is -0.184. The number of hydrogen-bond acceptors (Lipinski definition) is 3. The number of hydrogen-bond donors (Lipinski definition) is 2. The number of nitrogens with one attached hydrogen (secondary N) is 1. The second kappa shape index (κ2) is 21.8. The van der Waals surface area contributed by atoms with E-state index in [1.165, 1.54) is 96.3 Å². The minimum atomic E-state index is -0.0912. The molecule has 0 aliphatic carbocycles. The fourth-order valence-corrected chi connectivity index (χ4v) is 3.78. The van der Waals surface area contributed by atoms with Crippen molar-refractivity contribution < 1.29 is 9.59 Å². The minimum absolute atomic E-state index is 0.0425. The fourth-order valence-electron chi connectivity index (χ4n) is 3.78. The number of rotatable bonds is 18. The van der Waals surface area contributed by atoms with Crippen molar-refractivity contribution in [2.75, 3.05) is 6.54 Å². The van der Waals surface area contributed by atoms with Gasteiger partial charge in [0.1, 0.15) is 0 Å². The van der Waals surface area contributed by atoms with Gasteiger partial charge in [-0.05, 0) is 19.4 Å². The van der Waals surface area contributed by atoms with E-state index in [-0.39, 0.29) is 17.7 Å². The molecular weight excluding hydrogens is 360 g/mol. The van der Waals surface area contributed by atoms with Crippen LogP contribution in [0.25, 0.3) is 0 Å². The molecule has 0 aromatic rings. The zero-order chi connectivity index (χ0) is 21.6. The molecule has 1 atom stereocenters. The van der Waals surface area contributed by atoms with E-state index in [2.05, 4.69) is 19.2 Å². The van der Waals surface area contributed by atoms with E-state index < -0.39 is 0 Å². The van der Waals surface area contributed by atoms with Crippen molar-refractivity contribution in [2.24, 2.45) is 11.7 Å². The first-order chi connectivity index (χ1) is 14.2. The van der Waals surface area contributed by atoms with Crippen LogP contribution in [-0.4, -0.2) is 18.4 Å². The molecule has 1 aliphatic heterocycles. The third kappa shape index (κ3) is 18.8. The highest BCUT2D eigenvalue weighted by Crippen LogP contribution is 2.19. The number of unbranched alkanes of at least 4 members (excludes halogenated alkanes) is 15. The summed E-state index contributed by atoms with van der Waals surface area (Å²) < 4.78 is 0. The number of carbonyl (C=O) groups is 2. The first kappa shape index (κ1) is 28.1. The molecule has 1 fully saturated rings. The van der Waals surface area contributed by atoms with Crippen LogP contribution < -0.4 is 11.1 Å². The molecule has 0 saturated carbocycles. The van der Waals surface area contributed by atoms with Gasteiger partial charge in [-0.25, -0.2) is 0 Å². The first-order valence-corrected chi connectivity index (χ1v) is 12.7. The maximum atomic E-state index is 11.4. The second-order valence-electron chi connectivity index (χ2n) is 8.69. The van der Waals surface area contributed by atoms with Gasteiger partial charge in [-0.3, -0.25) is 14.9 Å². The van der Waals surface area contributed by atoms with Crippen LogP contribution in [0.5, 0.6) is 0 Å². The predicted octanol–water partition coefficient (Wildman–Crippen LogP) is 6.66. The van der Waals surface area contributed by atoms with Gasteiger partial charge < -0.3 is 5.73 Å². The topological polar surface area (TPSA) is 72.2 Å². The Labute approximate surface area is 181 Å². The van der Waals surface area contributed by atoms with E-state index in [0.717, 1.165) is 25.8 Å². The van der Waals surface area contributed by atoms with Gasteiger partial charge in [0.2, 0.25) is 11.8 Å². The highest BCUT2D eigenvalue weighted by Gasteiger charge is 2.29. The van der Waals surface area contributed by atoms with E-state index >= 15 is 0 Å². The molecule has 0 aromatic carbocycles. The molecule has 1 aliphatic rings. The molecule has 29 heavy (non-hydrogen) atoms. The van der Waals surface area contributed by atoms with E-state index in [0.29, 0.717) is 6.42 Å². The monoisotopic (exact) mass is 410 g/mol. The summed E-state index contributed by atoms with van der Waals surface area (Å²) in [5, 5.41) is 2.39. The lowest BCUT2D eigenvalue weighted by Gasteiger charge is -2.06. The maximum Gasteiger partial charge on any atom is 0.230 e. The van der Waals surface area contributed by atoms with Crippen molar-refractivity contribution >= 4 is 11.8 Å². The highest BCUT2D eigenvalue weighted by atomic mass is 16.2. The maximum absolute atomic E-state index is 11.4. The van der Waals surface area contributed by atoms with Crippen LogP contribution >= 0.6 is 0 Å². The van der Waals surface area contributed by atoms with Crippen molar-refractivity contribution in [1.29, 1.82) is 0 Å². The molecular formula is C25H50N2O2. The zero-order valence-electron chi connectivity index (χ0n) is 19.6. The Hall–Kier alpha value is -0.900. The molecule has 3 N–H and O–H groups in total. The van der Waals surface area contributed by atoms with E-state index in [9.17, 15) is 9.59 Å². The molecule has 0 bridgehead atoms. The molecule has 4 heteroatoms. The van der Waals surface area contributed by atoms with Gasteiger partial charge in [0.05, 0.1) is 0 Å². The van der Waals surface area contributed by atoms with Crippen LogP contribution in [0.1, 0.15) is 136 Å². The zero-order valence-corrected chi connectivity index (χ0v) is 19.6. The van der Waals surface area contributed by atoms with Gasteiger partial charge in [-0.2, -0.15) is 0 Å². The molecule has 1 heterocycles.